The maximum atomic E-state index is 11.7. The van der Waals surface area contributed by atoms with Crippen LogP contribution in [-0.2, 0) is 6.54 Å². The zero-order valence-electron chi connectivity index (χ0n) is 12.4. The van der Waals surface area contributed by atoms with E-state index in [9.17, 15) is 4.79 Å². The van der Waals surface area contributed by atoms with Crippen molar-refractivity contribution in [2.45, 2.75) is 32.4 Å². The first-order chi connectivity index (χ1) is 9.78. The van der Waals surface area contributed by atoms with Gasteiger partial charge in [-0.3, -0.25) is 0 Å². The number of halogens is 1. The minimum absolute atomic E-state index is 0. The van der Waals surface area contributed by atoms with Crippen LogP contribution in [0.15, 0.2) is 24.3 Å². The molecule has 6 heteroatoms. The number of urea groups is 1. The lowest BCUT2D eigenvalue weighted by Crippen LogP contribution is -2.42. The van der Waals surface area contributed by atoms with Crippen LogP contribution in [0, 0.1) is 0 Å². The Balaban J connectivity index is 0.00000220. The highest BCUT2D eigenvalue weighted by molar-refractivity contribution is 5.85. The van der Waals surface area contributed by atoms with Gasteiger partial charge in [0.2, 0.25) is 0 Å². The number of rotatable bonds is 6. The van der Waals surface area contributed by atoms with Gasteiger partial charge in [-0.2, -0.15) is 0 Å². The van der Waals surface area contributed by atoms with Crippen LogP contribution in [0.25, 0.3) is 0 Å². The molecule has 1 heterocycles. The summed E-state index contributed by atoms with van der Waals surface area (Å²) in [5.41, 5.74) is 1.04. The van der Waals surface area contributed by atoms with Crippen LogP contribution in [-0.4, -0.2) is 31.8 Å². The van der Waals surface area contributed by atoms with E-state index in [1.807, 2.05) is 24.3 Å². The standard InChI is InChI=1S/C15H23N3O2.ClH/c1-2-8-20-14-5-3-4-12(9-14)10-17-15(19)18-13-6-7-16-11-13;/h3-5,9,13,16H,2,6-8,10-11H2,1H3,(H2,17,18,19);1H. The van der Waals surface area contributed by atoms with Gasteiger partial charge in [-0.25, -0.2) is 4.79 Å². The van der Waals surface area contributed by atoms with Crippen LogP contribution < -0.4 is 20.7 Å². The molecule has 0 spiro atoms. The topological polar surface area (TPSA) is 62.4 Å². The summed E-state index contributed by atoms with van der Waals surface area (Å²) in [5.74, 6) is 0.853. The highest BCUT2D eigenvalue weighted by Gasteiger charge is 2.16. The molecule has 1 unspecified atom stereocenters. The van der Waals surface area contributed by atoms with Crippen LogP contribution in [0.3, 0.4) is 0 Å². The van der Waals surface area contributed by atoms with Gasteiger partial charge in [0.25, 0.3) is 0 Å². The number of nitrogens with one attached hydrogen (secondary N) is 3. The Bertz CT molecular complexity index is 437. The largest absolute Gasteiger partial charge is 0.494 e. The van der Waals surface area contributed by atoms with Crippen molar-refractivity contribution in [2.24, 2.45) is 0 Å². The van der Waals surface area contributed by atoms with Crippen molar-refractivity contribution in [3.8, 4) is 5.75 Å². The molecule has 1 fully saturated rings. The number of hydrogen-bond acceptors (Lipinski definition) is 3. The number of ether oxygens (including phenoxy) is 1. The molecule has 1 aliphatic rings. The Labute approximate surface area is 132 Å². The van der Waals surface area contributed by atoms with Crippen LogP contribution in [0.2, 0.25) is 0 Å². The Hall–Kier alpha value is -1.46. The van der Waals surface area contributed by atoms with Crippen molar-refractivity contribution in [1.82, 2.24) is 16.0 Å². The molecule has 1 saturated heterocycles. The van der Waals surface area contributed by atoms with E-state index in [1.54, 1.807) is 0 Å². The Morgan fingerprint density at radius 1 is 1.48 bits per heavy atom. The van der Waals surface area contributed by atoms with E-state index in [0.29, 0.717) is 13.2 Å². The number of carbonyl (C=O) groups excluding carboxylic acids is 1. The molecule has 1 aromatic carbocycles. The first-order valence-electron chi connectivity index (χ1n) is 7.24. The molecule has 3 N–H and O–H groups in total. The van der Waals surface area contributed by atoms with Crippen molar-refractivity contribution in [3.05, 3.63) is 29.8 Å². The highest BCUT2D eigenvalue weighted by atomic mass is 35.5. The van der Waals surface area contributed by atoms with Crippen LogP contribution in [0.4, 0.5) is 4.79 Å². The summed E-state index contributed by atoms with van der Waals surface area (Å²) in [4.78, 5) is 11.7. The second-order valence-corrected chi connectivity index (χ2v) is 5.01. The molecule has 5 nitrogen and oxygen atoms in total. The fourth-order valence-electron chi connectivity index (χ4n) is 2.16. The van der Waals surface area contributed by atoms with Crippen molar-refractivity contribution >= 4 is 18.4 Å². The normalized spacial score (nSPS) is 16.9. The molecule has 118 valence electrons. The molecule has 0 aliphatic carbocycles. The van der Waals surface area contributed by atoms with Crippen LogP contribution >= 0.6 is 12.4 Å². The third-order valence-corrected chi connectivity index (χ3v) is 3.22. The van der Waals surface area contributed by atoms with Gasteiger partial charge in [-0.1, -0.05) is 19.1 Å². The lowest BCUT2D eigenvalue weighted by molar-refractivity contribution is 0.237. The minimum Gasteiger partial charge on any atom is -0.494 e. The number of hydrogen-bond donors (Lipinski definition) is 3. The van der Waals surface area contributed by atoms with Gasteiger partial charge in [0.15, 0.2) is 0 Å². The molecular weight excluding hydrogens is 290 g/mol. The third kappa shape index (κ3) is 6.23. The van der Waals surface area contributed by atoms with Crippen LogP contribution in [0.1, 0.15) is 25.3 Å². The van der Waals surface area contributed by atoms with Crippen molar-refractivity contribution in [1.29, 1.82) is 0 Å². The molecule has 1 aliphatic heterocycles. The molecule has 0 radical (unpaired) electrons. The number of carbonyl (C=O) groups is 1. The van der Waals surface area contributed by atoms with Gasteiger partial charge >= 0.3 is 6.03 Å². The van der Waals surface area contributed by atoms with E-state index >= 15 is 0 Å². The summed E-state index contributed by atoms with van der Waals surface area (Å²) in [5, 5.41) is 9.05. The summed E-state index contributed by atoms with van der Waals surface area (Å²) in [6, 6.07) is 7.96. The fraction of sp³-hybridized carbons (Fsp3) is 0.533. The SMILES string of the molecule is CCCOc1cccc(CNC(=O)NC2CCNC2)c1.Cl. The monoisotopic (exact) mass is 313 g/mol. The summed E-state index contributed by atoms with van der Waals surface area (Å²) in [7, 11) is 0. The quantitative estimate of drug-likeness (QED) is 0.753. The second-order valence-electron chi connectivity index (χ2n) is 5.01. The summed E-state index contributed by atoms with van der Waals surface area (Å²) in [6.45, 7) is 5.13. The van der Waals surface area contributed by atoms with Crippen molar-refractivity contribution < 1.29 is 9.53 Å². The first kappa shape index (κ1) is 17.6. The van der Waals surface area contributed by atoms with Crippen molar-refractivity contribution in [2.75, 3.05) is 19.7 Å². The number of benzene rings is 1. The van der Waals surface area contributed by atoms with E-state index in [0.717, 1.165) is 37.2 Å². The maximum absolute atomic E-state index is 11.7. The van der Waals surface area contributed by atoms with Gasteiger partial charge < -0.3 is 20.7 Å². The first-order valence-corrected chi connectivity index (χ1v) is 7.24. The maximum Gasteiger partial charge on any atom is 0.315 e. The predicted octanol–water partition coefficient (Wildman–Crippen LogP) is 2.06. The highest BCUT2D eigenvalue weighted by Crippen LogP contribution is 2.13. The molecule has 1 aromatic rings. The number of amides is 2. The Morgan fingerprint density at radius 3 is 3.05 bits per heavy atom. The summed E-state index contributed by atoms with van der Waals surface area (Å²) >= 11 is 0. The molecular formula is C15H24ClN3O2. The lowest BCUT2D eigenvalue weighted by atomic mass is 10.2. The van der Waals surface area contributed by atoms with Gasteiger partial charge in [0.1, 0.15) is 5.75 Å². The summed E-state index contributed by atoms with van der Waals surface area (Å²) in [6.07, 6.45) is 1.98. The average molecular weight is 314 g/mol. The van der Waals surface area contributed by atoms with Gasteiger partial charge in [-0.15, -0.1) is 12.4 Å². The van der Waals surface area contributed by atoms with E-state index in [4.69, 9.17) is 4.74 Å². The summed E-state index contributed by atoms with van der Waals surface area (Å²) < 4.78 is 5.57. The van der Waals surface area contributed by atoms with E-state index in [1.165, 1.54) is 0 Å². The minimum atomic E-state index is -0.112. The Morgan fingerprint density at radius 2 is 2.33 bits per heavy atom. The smallest absolute Gasteiger partial charge is 0.315 e. The van der Waals surface area contributed by atoms with Crippen molar-refractivity contribution in [3.63, 3.8) is 0 Å². The average Bonchev–Trinajstić information content (AvgIpc) is 2.96. The Kier molecular flexibility index (Phi) is 7.93. The molecule has 2 amide bonds. The molecule has 0 aromatic heterocycles. The van der Waals surface area contributed by atoms with E-state index in [2.05, 4.69) is 22.9 Å². The fourth-order valence-corrected chi connectivity index (χ4v) is 2.16. The van der Waals surface area contributed by atoms with Crippen LogP contribution in [0.5, 0.6) is 5.75 Å². The van der Waals surface area contributed by atoms with Gasteiger partial charge in [0, 0.05) is 19.1 Å². The molecule has 2 rings (SSSR count). The van der Waals surface area contributed by atoms with Gasteiger partial charge in [0.05, 0.1) is 6.61 Å². The third-order valence-electron chi connectivity index (χ3n) is 3.22. The lowest BCUT2D eigenvalue weighted by Gasteiger charge is -2.13. The molecule has 1 atom stereocenters. The van der Waals surface area contributed by atoms with E-state index in [-0.39, 0.29) is 24.5 Å². The second kappa shape index (κ2) is 9.47. The zero-order valence-corrected chi connectivity index (χ0v) is 13.2. The predicted molar refractivity (Wildman–Crippen MR) is 86.1 cm³/mol. The van der Waals surface area contributed by atoms with Gasteiger partial charge in [-0.05, 0) is 37.1 Å². The molecule has 0 bridgehead atoms. The van der Waals surface area contributed by atoms with E-state index < -0.39 is 0 Å². The molecule has 21 heavy (non-hydrogen) atoms. The zero-order chi connectivity index (χ0) is 14.2. The molecule has 0 saturated carbocycles.